The van der Waals surface area contributed by atoms with E-state index in [4.69, 9.17) is 10.1 Å². The number of hydrogen-bond acceptors (Lipinski definition) is 6. The van der Waals surface area contributed by atoms with Crippen LogP contribution in [0.5, 0.6) is 5.75 Å². The van der Waals surface area contributed by atoms with Gasteiger partial charge in [0.25, 0.3) is 0 Å². The van der Waals surface area contributed by atoms with Crippen molar-refractivity contribution < 1.29 is 14.6 Å². The van der Waals surface area contributed by atoms with Crippen molar-refractivity contribution in [1.82, 2.24) is 9.88 Å². The highest BCUT2D eigenvalue weighted by Crippen LogP contribution is 2.41. The maximum absolute atomic E-state index is 11.3. The Morgan fingerprint density at radius 2 is 2.07 bits per heavy atom. The number of carbonyl (C=O) groups is 1. The highest BCUT2D eigenvalue weighted by molar-refractivity contribution is 6.07. The van der Waals surface area contributed by atoms with Crippen LogP contribution in [0.2, 0.25) is 0 Å². The molecule has 0 aliphatic carbocycles. The van der Waals surface area contributed by atoms with E-state index in [2.05, 4.69) is 9.88 Å². The maximum atomic E-state index is 11.3. The molecule has 0 saturated carbocycles. The number of carbonyl (C=O) groups excluding carboxylic acids is 1. The molecule has 1 aromatic heterocycles. The van der Waals surface area contributed by atoms with Crippen molar-refractivity contribution in [2.24, 2.45) is 0 Å². The molecule has 3 heterocycles. The Morgan fingerprint density at radius 1 is 1.27 bits per heavy atom. The van der Waals surface area contributed by atoms with E-state index >= 15 is 0 Å². The first-order chi connectivity index (χ1) is 14.6. The zero-order valence-electron chi connectivity index (χ0n) is 17.3. The average molecular weight is 409 g/mol. The van der Waals surface area contributed by atoms with Crippen molar-refractivity contribution in [3.63, 3.8) is 0 Å². The van der Waals surface area contributed by atoms with E-state index in [1.54, 1.807) is 12.1 Å². The number of morpholine rings is 1. The minimum Gasteiger partial charge on any atom is -0.506 e. The van der Waals surface area contributed by atoms with Crippen LogP contribution in [0.15, 0.2) is 30.3 Å². The monoisotopic (exact) mass is 408 g/mol. The lowest BCUT2D eigenvalue weighted by Gasteiger charge is -2.27. The number of nitrogens with zero attached hydrogens (tertiary/aromatic N) is 3. The van der Waals surface area contributed by atoms with E-state index in [9.17, 15) is 9.90 Å². The number of amidine groups is 1. The number of nitrogens with one attached hydrogen (secondary N) is 1. The smallest absolute Gasteiger partial charge is 0.150 e. The second-order valence-corrected chi connectivity index (χ2v) is 7.97. The third-order valence-corrected chi connectivity index (χ3v) is 5.95. The molecule has 2 aromatic rings. The molecule has 1 fully saturated rings. The summed E-state index contributed by atoms with van der Waals surface area (Å²) in [6.45, 7) is 6.69. The number of pyridine rings is 1. The number of rotatable bonds is 7. The van der Waals surface area contributed by atoms with Gasteiger partial charge in [-0.05, 0) is 50.1 Å². The molecule has 158 valence electrons. The molecule has 30 heavy (non-hydrogen) atoms. The largest absolute Gasteiger partial charge is 0.506 e. The Hall–Kier alpha value is -2.77. The number of aromatic hydroxyl groups is 1. The minimum atomic E-state index is -0.0197. The molecule has 7 nitrogen and oxygen atoms in total. The Kier molecular flexibility index (Phi) is 6.11. The topological polar surface area (TPSA) is 89.8 Å². The average Bonchev–Trinajstić information content (AvgIpc) is 3.02. The zero-order chi connectivity index (χ0) is 21.1. The molecule has 2 N–H and O–H groups in total. The Bertz CT molecular complexity index is 940. The normalized spacial score (nSPS) is 19.2. The van der Waals surface area contributed by atoms with Crippen molar-refractivity contribution in [3.05, 3.63) is 52.8 Å². The minimum absolute atomic E-state index is 0.0197. The van der Waals surface area contributed by atoms with Crippen LogP contribution in [-0.2, 0) is 11.3 Å². The lowest BCUT2D eigenvalue weighted by molar-refractivity contribution is 0.0371. The highest BCUT2D eigenvalue weighted by atomic mass is 16.5. The lowest BCUT2D eigenvalue weighted by Crippen LogP contribution is -2.37. The number of ether oxygens (including phenoxy) is 1. The molecule has 0 amide bonds. The fourth-order valence-electron chi connectivity index (χ4n) is 4.30. The van der Waals surface area contributed by atoms with Crippen LogP contribution in [0, 0.1) is 12.3 Å². The first kappa shape index (κ1) is 20.5. The lowest BCUT2D eigenvalue weighted by atomic mass is 9.94. The summed E-state index contributed by atoms with van der Waals surface area (Å²) in [5.74, 6) is 0.601. The molecule has 2 aliphatic heterocycles. The van der Waals surface area contributed by atoms with E-state index in [-0.39, 0.29) is 11.7 Å². The fraction of sp³-hybridized carbons (Fsp3) is 0.435. The number of aromatic nitrogens is 1. The van der Waals surface area contributed by atoms with Crippen molar-refractivity contribution >= 4 is 17.8 Å². The summed E-state index contributed by atoms with van der Waals surface area (Å²) in [6.07, 6.45) is 2.69. The summed E-state index contributed by atoms with van der Waals surface area (Å²) in [5.41, 5.74) is 3.87. The van der Waals surface area contributed by atoms with Gasteiger partial charge in [-0.15, -0.1) is 0 Å². The summed E-state index contributed by atoms with van der Waals surface area (Å²) < 4.78 is 5.42. The predicted octanol–water partition coefficient (Wildman–Crippen LogP) is 3.10. The molecule has 0 bridgehead atoms. The summed E-state index contributed by atoms with van der Waals surface area (Å²) in [6, 6.07) is 9.03. The zero-order valence-corrected chi connectivity index (χ0v) is 17.3. The van der Waals surface area contributed by atoms with Gasteiger partial charge in [-0.3, -0.25) is 20.1 Å². The number of aryl methyl sites for hydroxylation is 1. The van der Waals surface area contributed by atoms with Crippen molar-refractivity contribution in [2.45, 2.75) is 32.2 Å². The number of anilines is 1. The summed E-state index contributed by atoms with van der Waals surface area (Å²) >= 11 is 0. The molecule has 0 radical (unpaired) electrons. The molecule has 4 rings (SSSR count). The van der Waals surface area contributed by atoms with Crippen LogP contribution >= 0.6 is 0 Å². The molecule has 1 saturated heterocycles. The van der Waals surface area contributed by atoms with E-state index in [0.717, 1.165) is 68.9 Å². The SMILES string of the molecule is Cc1ccc(O)c(CN2C(=N)C(CCCN3CCOCC3)c3ccc(C=O)cc32)n1. The van der Waals surface area contributed by atoms with Crippen LogP contribution < -0.4 is 4.90 Å². The first-order valence-corrected chi connectivity index (χ1v) is 10.5. The summed E-state index contributed by atoms with van der Waals surface area (Å²) in [5, 5.41) is 19.1. The van der Waals surface area contributed by atoms with E-state index < -0.39 is 0 Å². The molecular formula is C23H28N4O3. The van der Waals surface area contributed by atoms with Gasteiger partial charge in [0.15, 0.2) is 0 Å². The van der Waals surface area contributed by atoms with Gasteiger partial charge in [-0.25, -0.2) is 0 Å². The molecule has 1 atom stereocenters. The van der Waals surface area contributed by atoms with E-state index in [1.165, 1.54) is 0 Å². The van der Waals surface area contributed by atoms with Gasteiger partial charge in [-0.1, -0.05) is 12.1 Å². The van der Waals surface area contributed by atoms with Crippen LogP contribution in [-0.4, -0.2) is 60.0 Å². The number of benzene rings is 1. The second-order valence-electron chi connectivity index (χ2n) is 7.97. The van der Waals surface area contributed by atoms with Gasteiger partial charge in [0, 0.05) is 36.0 Å². The molecule has 0 spiro atoms. The van der Waals surface area contributed by atoms with Crippen molar-refractivity contribution in [2.75, 3.05) is 37.7 Å². The number of aldehydes is 1. The third-order valence-electron chi connectivity index (χ3n) is 5.95. The Morgan fingerprint density at radius 3 is 2.83 bits per heavy atom. The number of hydrogen-bond donors (Lipinski definition) is 2. The fourth-order valence-corrected chi connectivity index (χ4v) is 4.30. The second kappa shape index (κ2) is 8.93. The summed E-state index contributed by atoms with van der Waals surface area (Å²) in [7, 11) is 0. The summed E-state index contributed by atoms with van der Waals surface area (Å²) in [4.78, 5) is 20.1. The molecular weight excluding hydrogens is 380 g/mol. The maximum Gasteiger partial charge on any atom is 0.150 e. The molecule has 7 heteroatoms. The third kappa shape index (κ3) is 4.22. The molecule has 2 aliphatic rings. The molecule has 1 aromatic carbocycles. The Balaban J connectivity index is 1.54. The van der Waals surface area contributed by atoms with E-state index in [1.807, 2.05) is 30.0 Å². The highest BCUT2D eigenvalue weighted by Gasteiger charge is 2.34. The van der Waals surface area contributed by atoms with Gasteiger partial charge in [0.1, 0.15) is 23.6 Å². The standard InChI is InChI=1S/C23H28N4O3/c1-16-4-7-22(29)20(25-16)14-27-21-13-17(15-28)5-6-18(21)19(23(27)24)3-2-8-26-9-11-30-12-10-26/h4-7,13,15,19,24,29H,2-3,8-12,14H2,1H3. The van der Waals surface area contributed by atoms with Crippen molar-refractivity contribution in [3.8, 4) is 5.75 Å². The van der Waals surface area contributed by atoms with Gasteiger partial charge in [-0.2, -0.15) is 0 Å². The van der Waals surface area contributed by atoms with Gasteiger partial charge < -0.3 is 14.7 Å². The predicted molar refractivity (Wildman–Crippen MR) is 116 cm³/mol. The van der Waals surface area contributed by atoms with Crippen LogP contribution in [0.3, 0.4) is 0 Å². The van der Waals surface area contributed by atoms with Crippen LogP contribution in [0.1, 0.15) is 46.1 Å². The quantitative estimate of drug-likeness (QED) is 0.685. The van der Waals surface area contributed by atoms with Gasteiger partial charge in [0.05, 0.1) is 19.8 Å². The van der Waals surface area contributed by atoms with Crippen LogP contribution in [0.25, 0.3) is 0 Å². The van der Waals surface area contributed by atoms with E-state index in [0.29, 0.717) is 23.6 Å². The Labute approximate surface area is 176 Å². The van der Waals surface area contributed by atoms with Crippen LogP contribution in [0.4, 0.5) is 5.69 Å². The van der Waals surface area contributed by atoms with Gasteiger partial charge in [0.2, 0.25) is 0 Å². The van der Waals surface area contributed by atoms with Gasteiger partial charge >= 0.3 is 0 Å². The van der Waals surface area contributed by atoms with Crippen molar-refractivity contribution in [1.29, 1.82) is 5.41 Å². The number of fused-ring (bicyclic) bond motifs is 1. The molecule has 1 unspecified atom stereocenters. The first-order valence-electron chi connectivity index (χ1n) is 10.5.